The number of aromatic nitrogens is 3. The molecule has 2 aromatic carbocycles. The largest absolute Gasteiger partial charge is 0.444 e. The first-order chi connectivity index (χ1) is 21.8. The van der Waals surface area contributed by atoms with Gasteiger partial charge in [0.2, 0.25) is 11.7 Å². The first-order valence-electron chi connectivity index (χ1n) is 15.8. The van der Waals surface area contributed by atoms with Gasteiger partial charge in [-0.2, -0.15) is 4.98 Å². The number of hydrogen-bond donors (Lipinski definition) is 0. The maximum absolute atomic E-state index is 12.8. The fourth-order valence-corrected chi connectivity index (χ4v) is 6.90. The Bertz CT molecular complexity index is 1560. The fraction of sp³-hybridized carbons (Fsp3) is 0.457. The van der Waals surface area contributed by atoms with E-state index in [1.165, 1.54) is 0 Å². The van der Waals surface area contributed by atoms with Crippen LogP contribution in [0.3, 0.4) is 0 Å². The number of likely N-dealkylation sites (tertiary alicyclic amines) is 2. The van der Waals surface area contributed by atoms with Gasteiger partial charge in [0.15, 0.2) is 0 Å². The normalized spacial score (nSPS) is 18.7. The van der Waals surface area contributed by atoms with E-state index in [-0.39, 0.29) is 24.3 Å². The number of nitrogens with zero attached hydrogens (tertiary/aromatic N) is 5. The maximum atomic E-state index is 12.8. The molecular formula is C35H41N5O5S. The van der Waals surface area contributed by atoms with Gasteiger partial charge in [-0.1, -0.05) is 53.7 Å². The van der Waals surface area contributed by atoms with Crippen LogP contribution in [0.15, 0.2) is 59.3 Å². The summed E-state index contributed by atoms with van der Waals surface area (Å²) in [7, 11) is 0. The Morgan fingerprint density at radius 3 is 1.83 bits per heavy atom. The summed E-state index contributed by atoms with van der Waals surface area (Å²) in [5.41, 5.74) is 2.96. The second-order valence-electron chi connectivity index (χ2n) is 13.8. The van der Waals surface area contributed by atoms with E-state index >= 15 is 0 Å². The molecule has 0 N–H and O–H groups in total. The highest BCUT2D eigenvalue weighted by atomic mass is 32.1. The molecule has 4 aromatic rings. The Hall–Kier alpha value is -4.25. The summed E-state index contributed by atoms with van der Waals surface area (Å²) in [5, 5.41) is 5.15. The zero-order valence-electron chi connectivity index (χ0n) is 27.3. The van der Waals surface area contributed by atoms with E-state index in [4.69, 9.17) is 19.0 Å². The van der Waals surface area contributed by atoms with Gasteiger partial charge in [0.05, 0.1) is 10.9 Å². The van der Waals surface area contributed by atoms with E-state index < -0.39 is 11.2 Å². The van der Waals surface area contributed by atoms with Gasteiger partial charge in [-0.25, -0.2) is 14.6 Å². The summed E-state index contributed by atoms with van der Waals surface area (Å²) in [6.07, 6.45) is 4.69. The summed E-state index contributed by atoms with van der Waals surface area (Å²) in [4.78, 5) is 39.4. The molecule has 10 nitrogen and oxygen atoms in total. The van der Waals surface area contributed by atoms with Gasteiger partial charge in [-0.05, 0) is 83.9 Å². The predicted octanol–water partition coefficient (Wildman–Crippen LogP) is 8.67. The molecule has 2 aliphatic rings. The van der Waals surface area contributed by atoms with Crippen molar-refractivity contribution in [3.63, 3.8) is 0 Å². The van der Waals surface area contributed by atoms with Gasteiger partial charge in [-0.15, -0.1) is 11.3 Å². The molecule has 6 rings (SSSR count). The summed E-state index contributed by atoms with van der Waals surface area (Å²) in [6.45, 7) is 12.5. The topological polar surface area (TPSA) is 111 Å². The average molecular weight is 644 g/mol. The number of amides is 2. The van der Waals surface area contributed by atoms with Crippen LogP contribution in [0.5, 0.6) is 0 Å². The third-order valence-electron chi connectivity index (χ3n) is 7.94. The number of carbonyl (C=O) groups excluding carboxylic acids is 2. The van der Waals surface area contributed by atoms with Crippen molar-refractivity contribution in [3.8, 4) is 33.0 Å². The Labute approximate surface area is 273 Å². The molecule has 2 aliphatic heterocycles. The number of ether oxygens (including phenoxy) is 2. The summed E-state index contributed by atoms with van der Waals surface area (Å²) in [5.74, 6) is 0.913. The van der Waals surface area contributed by atoms with E-state index in [0.717, 1.165) is 57.8 Å². The Morgan fingerprint density at radius 2 is 1.26 bits per heavy atom. The van der Waals surface area contributed by atoms with Crippen molar-refractivity contribution in [1.82, 2.24) is 24.9 Å². The Morgan fingerprint density at radius 1 is 0.761 bits per heavy atom. The summed E-state index contributed by atoms with van der Waals surface area (Å²) in [6, 6.07) is 16.1. The Balaban J connectivity index is 1.11. The highest BCUT2D eigenvalue weighted by Gasteiger charge is 2.37. The van der Waals surface area contributed by atoms with E-state index in [2.05, 4.69) is 34.4 Å². The van der Waals surface area contributed by atoms with Gasteiger partial charge in [0, 0.05) is 24.8 Å². The smallest absolute Gasteiger partial charge is 0.410 e. The molecule has 242 valence electrons. The van der Waals surface area contributed by atoms with Crippen LogP contribution in [-0.4, -0.2) is 61.4 Å². The van der Waals surface area contributed by atoms with Crippen molar-refractivity contribution in [1.29, 1.82) is 0 Å². The van der Waals surface area contributed by atoms with Crippen molar-refractivity contribution in [2.75, 3.05) is 13.1 Å². The molecule has 0 saturated carbocycles. The van der Waals surface area contributed by atoms with Crippen molar-refractivity contribution in [2.24, 2.45) is 0 Å². The van der Waals surface area contributed by atoms with Crippen LogP contribution in [0.2, 0.25) is 0 Å². The molecule has 0 bridgehead atoms. The molecule has 2 saturated heterocycles. The van der Waals surface area contributed by atoms with E-state index in [0.29, 0.717) is 24.8 Å². The monoisotopic (exact) mass is 643 g/mol. The first-order valence-corrected chi connectivity index (χ1v) is 16.7. The Kier molecular flexibility index (Phi) is 8.62. The number of thiazole rings is 1. The van der Waals surface area contributed by atoms with Crippen LogP contribution in [-0.2, 0) is 9.47 Å². The molecule has 2 amide bonds. The molecule has 0 spiro atoms. The minimum Gasteiger partial charge on any atom is -0.444 e. The number of rotatable bonds is 5. The summed E-state index contributed by atoms with van der Waals surface area (Å²) < 4.78 is 16.8. The van der Waals surface area contributed by atoms with Crippen LogP contribution < -0.4 is 0 Å². The third-order valence-corrected chi connectivity index (χ3v) is 9.09. The van der Waals surface area contributed by atoms with Crippen LogP contribution in [0.4, 0.5) is 9.59 Å². The van der Waals surface area contributed by atoms with E-state index in [1.54, 1.807) is 16.2 Å². The standard InChI is InChI=1S/C35H41N5O5S/c1-34(2,3)43-32(41)39-19-7-9-26(39)30-37-29(38-45-30)25-17-13-23(14-18-25)22-11-15-24(16-12-22)28-21-36-31(46-28)27-10-8-20-40(27)33(42)44-35(4,5)6/h11-18,21,26-27H,7-10,19-20H2,1-6H3/t26-,27-/m0/s1. The van der Waals surface area contributed by atoms with Gasteiger partial charge >= 0.3 is 12.2 Å². The lowest BCUT2D eigenvalue weighted by molar-refractivity contribution is 0.0196. The number of carbonyl (C=O) groups is 2. The zero-order valence-corrected chi connectivity index (χ0v) is 28.1. The van der Waals surface area contributed by atoms with Crippen molar-refractivity contribution in [2.45, 2.75) is 90.5 Å². The fourth-order valence-electron chi connectivity index (χ4n) is 5.83. The molecule has 2 atom stereocenters. The minimum absolute atomic E-state index is 0.0521. The zero-order chi connectivity index (χ0) is 32.6. The molecule has 46 heavy (non-hydrogen) atoms. The minimum atomic E-state index is -0.570. The maximum Gasteiger partial charge on any atom is 0.410 e. The van der Waals surface area contributed by atoms with Crippen molar-refractivity contribution in [3.05, 3.63) is 65.6 Å². The SMILES string of the molecule is CC(C)(C)OC(=O)N1CCC[C@H]1c1nc(-c2ccc(-c3ccc(-c4cnc([C@@H]5CCCN5C(=O)OC(C)(C)C)s4)cc3)cc2)no1. The van der Waals surface area contributed by atoms with E-state index in [9.17, 15) is 9.59 Å². The van der Waals surface area contributed by atoms with Crippen LogP contribution in [0.1, 0.15) is 90.2 Å². The first kappa shape index (κ1) is 31.7. The quantitative estimate of drug-likeness (QED) is 0.212. The van der Waals surface area contributed by atoms with Crippen molar-refractivity contribution >= 4 is 23.5 Å². The molecule has 0 aliphatic carbocycles. The lowest BCUT2D eigenvalue weighted by Gasteiger charge is -2.27. The van der Waals surface area contributed by atoms with Crippen molar-refractivity contribution < 1.29 is 23.6 Å². The van der Waals surface area contributed by atoms with E-state index in [1.807, 2.05) is 76.9 Å². The van der Waals surface area contributed by atoms with Gasteiger partial charge in [-0.3, -0.25) is 9.80 Å². The molecule has 2 fully saturated rings. The second-order valence-corrected chi connectivity index (χ2v) is 14.9. The predicted molar refractivity (Wildman–Crippen MR) is 176 cm³/mol. The van der Waals surface area contributed by atoms with Crippen LogP contribution in [0, 0.1) is 0 Å². The van der Waals surface area contributed by atoms with Gasteiger partial charge < -0.3 is 14.0 Å². The lowest BCUT2D eigenvalue weighted by Crippen LogP contribution is -2.36. The molecular weight excluding hydrogens is 602 g/mol. The number of hydrogen-bond acceptors (Lipinski definition) is 9. The highest BCUT2D eigenvalue weighted by molar-refractivity contribution is 7.15. The lowest BCUT2D eigenvalue weighted by atomic mass is 10.0. The molecule has 11 heteroatoms. The average Bonchev–Trinajstić information content (AvgIpc) is 3.82. The van der Waals surface area contributed by atoms with Gasteiger partial charge in [0.25, 0.3) is 0 Å². The summed E-state index contributed by atoms with van der Waals surface area (Å²) >= 11 is 1.63. The number of benzene rings is 2. The third kappa shape index (κ3) is 7.09. The molecule has 4 heterocycles. The molecule has 0 unspecified atom stereocenters. The van der Waals surface area contributed by atoms with Gasteiger partial charge in [0.1, 0.15) is 22.3 Å². The van der Waals surface area contributed by atoms with Crippen LogP contribution >= 0.6 is 11.3 Å². The molecule has 2 aromatic heterocycles. The highest BCUT2D eigenvalue weighted by Crippen LogP contribution is 2.39. The molecule has 0 radical (unpaired) electrons. The van der Waals surface area contributed by atoms with Crippen LogP contribution in [0.25, 0.3) is 33.0 Å². The second kappa shape index (κ2) is 12.5.